The Balaban J connectivity index is 2.48. The minimum atomic E-state index is -0.300. The summed E-state index contributed by atoms with van der Waals surface area (Å²) in [6.45, 7) is 5.79. The third-order valence-electron chi connectivity index (χ3n) is 2.62. The smallest absolute Gasteiger partial charge is 0.277 e. The van der Waals surface area contributed by atoms with Crippen molar-refractivity contribution in [3.05, 3.63) is 24.3 Å². The molecule has 104 valence electrons. The van der Waals surface area contributed by atoms with Gasteiger partial charge in [-0.15, -0.1) is 0 Å². The van der Waals surface area contributed by atoms with E-state index in [1.54, 1.807) is 19.2 Å². The summed E-state index contributed by atoms with van der Waals surface area (Å²) < 4.78 is 10.5. The maximum Gasteiger partial charge on any atom is 0.277 e. The van der Waals surface area contributed by atoms with Crippen LogP contribution >= 0.6 is 0 Å². The number of nitrogens with one attached hydrogen (secondary N) is 1. The standard InChI is InChI=1S/C14H20N2O3/c1-10(2)11(3)15-16-14(17)9-19-13-8-6-5-7-12(13)18-4/h5-8,10H,9H2,1-4H3,(H,16,17)/b15-11-. The SMILES string of the molecule is COc1ccccc1OCC(=O)N/N=C(/C)C(C)C. The molecule has 19 heavy (non-hydrogen) atoms. The van der Waals surface area contributed by atoms with Crippen molar-refractivity contribution in [2.75, 3.05) is 13.7 Å². The topological polar surface area (TPSA) is 59.9 Å². The second-order valence-electron chi connectivity index (χ2n) is 4.38. The zero-order valence-corrected chi connectivity index (χ0v) is 11.8. The maximum atomic E-state index is 11.6. The number of ether oxygens (including phenoxy) is 2. The lowest BCUT2D eigenvalue weighted by molar-refractivity contribution is -0.123. The summed E-state index contributed by atoms with van der Waals surface area (Å²) in [5, 5.41) is 3.98. The number of methoxy groups -OCH3 is 1. The third kappa shape index (κ3) is 4.99. The Morgan fingerprint density at radius 3 is 2.53 bits per heavy atom. The minimum Gasteiger partial charge on any atom is -0.493 e. The first-order valence-corrected chi connectivity index (χ1v) is 6.13. The molecule has 1 aromatic rings. The van der Waals surface area contributed by atoms with Gasteiger partial charge < -0.3 is 9.47 Å². The Hall–Kier alpha value is -2.04. The molecule has 1 amide bonds. The van der Waals surface area contributed by atoms with Gasteiger partial charge in [0.05, 0.1) is 7.11 Å². The summed E-state index contributed by atoms with van der Waals surface area (Å²) in [6.07, 6.45) is 0. The van der Waals surface area contributed by atoms with E-state index in [4.69, 9.17) is 9.47 Å². The predicted molar refractivity (Wildman–Crippen MR) is 74.6 cm³/mol. The zero-order valence-electron chi connectivity index (χ0n) is 11.8. The lowest BCUT2D eigenvalue weighted by Gasteiger charge is -2.09. The number of rotatable bonds is 6. The Labute approximate surface area is 113 Å². The number of hydrogen-bond acceptors (Lipinski definition) is 4. The number of hydrogen-bond donors (Lipinski definition) is 1. The summed E-state index contributed by atoms with van der Waals surface area (Å²) in [5.74, 6) is 1.13. The van der Waals surface area contributed by atoms with Crippen LogP contribution in [0.2, 0.25) is 0 Å². The highest BCUT2D eigenvalue weighted by atomic mass is 16.5. The second-order valence-corrected chi connectivity index (χ2v) is 4.38. The summed E-state index contributed by atoms with van der Waals surface area (Å²) >= 11 is 0. The number of nitrogens with zero attached hydrogens (tertiary/aromatic N) is 1. The number of para-hydroxylation sites is 2. The number of carbonyl (C=O) groups excluding carboxylic acids is 1. The Morgan fingerprint density at radius 1 is 1.32 bits per heavy atom. The summed E-state index contributed by atoms with van der Waals surface area (Å²) in [7, 11) is 1.55. The van der Waals surface area contributed by atoms with Gasteiger partial charge in [0.2, 0.25) is 0 Å². The Kier molecular flexibility index (Phi) is 5.85. The van der Waals surface area contributed by atoms with Crippen LogP contribution in [0.15, 0.2) is 29.4 Å². The molecule has 0 aliphatic carbocycles. The van der Waals surface area contributed by atoms with Crippen LogP contribution in [-0.4, -0.2) is 25.3 Å². The quantitative estimate of drug-likeness (QED) is 0.633. The van der Waals surface area contributed by atoms with Crippen molar-refractivity contribution in [1.29, 1.82) is 0 Å². The molecule has 0 aliphatic heterocycles. The van der Waals surface area contributed by atoms with Crippen LogP contribution in [0.5, 0.6) is 11.5 Å². The van der Waals surface area contributed by atoms with Gasteiger partial charge in [0.1, 0.15) is 0 Å². The average molecular weight is 264 g/mol. The van der Waals surface area contributed by atoms with Crippen molar-refractivity contribution < 1.29 is 14.3 Å². The van der Waals surface area contributed by atoms with Crippen molar-refractivity contribution in [3.63, 3.8) is 0 Å². The van der Waals surface area contributed by atoms with Crippen molar-refractivity contribution in [2.24, 2.45) is 11.0 Å². The highest BCUT2D eigenvalue weighted by molar-refractivity contribution is 5.86. The second kappa shape index (κ2) is 7.41. The van der Waals surface area contributed by atoms with Gasteiger partial charge in [-0.1, -0.05) is 26.0 Å². The van der Waals surface area contributed by atoms with Gasteiger partial charge >= 0.3 is 0 Å². The fraction of sp³-hybridized carbons (Fsp3) is 0.429. The molecule has 5 heteroatoms. The van der Waals surface area contributed by atoms with Gasteiger partial charge in [-0.25, -0.2) is 5.43 Å². The monoisotopic (exact) mass is 264 g/mol. The first-order chi connectivity index (χ1) is 9.04. The molecule has 0 bridgehead atoms. The number of benzene rings is 1. The molecular formula is C14H20N2O3. The molecule has 0 radical (unpaired) electrons. The van der Waals surface area contributed by atoms with E-state index < -0.39 is 0 Å². The molecule has 0 unspecified atom stereocenters. The van der Waals surface area contributed by atoms with Crippen LogP contribution in [0, 0.1) is 5.92 Å². The molecule has 0 saturated heterocycles. The summed E-state index contributed by atoms with van der Waals surface area (Å²) in [6, 6.07) is 7.17. The summed E-state index contributed by atoms with van der Waals surface area (Å²) in [5.41, 5.74) is 3.32. The largest absolute Gasteiger partial charge is 0.493 e. The molecule has 5 nitrogen and oxygen atoms in total. The van der Waals surface area contributed by atoms with Crippen LogP contribution in [0.3, 0.4) is 0 Å². The molecule has 0 fully saturated rings. The first-order valence-electron chi connectivity index (χ1n) is 6.13. The van der Waals surface area contributed by atoms with E-state index in [-0.39, 0.29) is 12.5 Å². The normalized spacial score (nSPS) is 11.3. The molecule has 1 aromatic carbocycles. The van der Waals surface area contributed by atoms with Crippen LogP contribution in [0.1, 0.15) is 20.8 Å². The van der Waals surface area contributed by atoms with Gasteiger partial charge in [0.25, 0.3) is 5.91 Å². The molecule has 1 N–H and O–H groups in total. The van der Waals surface area contributed by atoms with Crippen molar-refractivity contribution >= 4 is 11.6 Å². The van der Waals surface area contributed by atoms with Crippen LogP contribution in [0.4, 0.5) is 0 Å². The van der Waals surface area contributed by atoms with E-state index >= 15 is 0 Å². The Morgan fingerprint density at radius 2 is 1.95 bits per heavy atom. The average Bonchev–Trinajstić information content (AvgIpc) is 2.42. The van der Waals surface area contributed by atoms with Crippen LogP contribution < -0.4 is 14.9 Å². The molecule has 0 aromatic heterocycles. The lowest BCUT2D eigenvalue weighted by Crippen LogP contribution is -2.26. The Bertz CT molecular complexity index is 456. The molecular weight excluding hydrogens is 244 g/mol. The first kappa shape index (κ1) is 15.0. The highest BCUT2D eigenvalue weighted by Crippen LogP contribution is 2.25. The molecule has 0 atom stereocenters. The zero-order chi connectivity index (χ0) is 14.3. The fourth-order valence-corrected chi connectivity index (χ4v) is 1.19. The summed E-state index contributed by atoms with van der Waals surface area (Å²) in [4.78, 5) is 11.6. The van der Waals surface area contributed by atoms with Gasteiger partial charge in [0.15, 0.2) is 18.1 Å². The van der Waals surface area contributed by atoms with E-state index in [0.29, 0.717) is 17.4 Å². The number of hydrazone groups is 1. The van der Waals surface area contributed by atoms with Crippen molar-refractivity contribution in [1.82, 2.24) is 5.43 Å². The predicted octanol–water partition coefficient (Wildman–Crippen LogP) is 2.22. The van der Waals surface area contributed by atoms with E-state index in [2.05, 4.69) is 10.5 Å². The number of carbonyl (C=O) groups is 1. The van der Waals surface area contributed by atoms with E-state index in [0.717, 1.165) is 5.71 Å². The minimum absolute atomic E-state index is 0.102. The van der Waals surface area contributed by atoms with Crippen molar-refractivity contribution in [3.8, 4) is 11.5 Å². The molecule has 0 saturated carbocycles. The third-order valence-corrected chi connectivity index (χ3v) is 2.62. The molecule has 0 aliphatic rings. The van der Waals surface area contributed by atoms with Crippen LogP contribution in [-0.2, 0) is 4.79 Å². The van der Waals surface area contributed by atoms with Gasteiger partial charge in [-0.2, -0.15) is 5.10 Å². The molecule has 1 rings (SSSR count). The highest BCUT2D eigenvalue weighted by Gasteiger charge is 2.06. The fourth-order valence-electron chi connectivity index (χ4n) is 1.19. The van der Waals surface area contributed by atoms with Gasteiger partial charge in [-0.05, 0) is 25.0 Å². The van der Waals surface area contributed by atoms with Gasteiger partial charge in [-0.3, -0.25) is 4.79 Å². The van der Waals surface area contributed by atoms with Crippen LogP contribution in [0.25, 0.3) is 0 Å². The molecule has 0 spiro atoms. The number of amides is 1. The van der Waals surface area contributed by atoms with E-state index in [9.17, 15) is 4.79 Å². The lowest BCUT2D eigenvalue weighted by atomic mass is 10.1. The van der Waals surface area contributed by atoms with Gasteiger partial charge in [0, 0.05) is 5.71 Å². The van der Waals surface area contributed by atoms with Crippen molar-refractivity contribution in [2.45, 2.75) is 20.8 Å². The maximum absolute atomic E-state index is 11.6. The molecule has 0 heterocycles. The van der Waals surface area contributed by atoms with E-state index in [1.165, 1.54) is 0 Å². The van der Waals surface area contributed by atoms with E-state index in [1.807, 2.05) is 32.9 Å².